The SMILES string of the molecule is CC(=O)NC[C@H]1CN(c2ccc(N3CCON(C(=O)CN)CC3)c(F)c2)C(=O)O1. The molecule has 11 heteroatoms. The first kappa shape index (κ1) is 20.8. The van der Waals surface area contributed by atoms with Crippen molar-refractivity contribution in [1.82, 2.24) is 10.4 Å². The lowest BCUT2D eigenvalue weighted by Crippen LogP contribution is -2.38. The number of halogens is 1. The lowest BCUT2D eigenvalue weighted by atomic mass is 10.2. The van der Waals surface area contributed by atoms with Gasteiger partial charge in [-0.05, 0) is 18.2 Å². The van der Waals surface area contributed by atoms with E-state index < -0.39 is 18.0 Å². The Morgan fingerprint density at radius 3 is 2.79 bits per heavy atom. The van der Waals surface area contributed by atoms with Crippen molar-refractivity contribution in [2.24, 2.45) is 5.73 Å². The number of hydrogen-bond acceptors (Lipinski definition) is 7. The van der Waals surface area contributed by atoms with Crippen LogP contribution in [0.1, 0.15) is 6.92 Å². The second-order valence-electron chi connectivity index (χ2n) is 6.71. The Labute approximate surface area is 167 Å². The summed E-state index contributed by atoms with van der Waals surface area (Å²) in [5.41, 5.74) is 6.06. The van der Waals surface area contributed by atoms with E-state index in [1.165, 1.54) is 23.0 Å². The van der Waals surface area contributed by atoms with Gasteiger partial charge in [0.2, 0.25) is 5.91 Å². The Hall–Kier alpha value is -2.92. The second kappa shape index (κ2) is 9.05. The first-order chi connectivity index (χ1) is 13.9. The Morgan fingerprint density at radius 2 is 2.10 bits per heavy atom. The second-order valence-corrected chi connectivity index (χ2v) is 6.71. The molecule has 2 saturated heterocycles. The molecule has 0 unspecified atom stereocenters. The van der Waals surface area contributed by atoms with Crippen LogP contribution in [0.4, 0.5) is 20.6 Å². The number of carbonyl (C=O) groups is 3. The summed E-state index contributed by atoms with van der Waals surface area (Å²) in [6.07, 6.45) is -1.09. The van der Waals surface area contributed by atoms with E-state index in [0.717, 1.165) is 0 Å². The van der Waals surface area contributed by atoms with E-state index in [1.54, 1.807) is 17.0 Å². The first-order valence-corrected chi connectivity index (χ1v) is 9.29. The molecular formula is C18H24FN5O5. The minimum Gasteiger partial charge on any atom is -0.442 e. The van der Waals surface area contributed by atoms with Gasteiger partial charge in [0.1, 0.15) is 11.9 Å². The highest BCUT2D eigenvalue weighted by atomic mass is 19.1. The van der Waals surface area contributed by atoms with Gasteiger partial charge in [-0.2, -0.15) is 0 Å². The van der Waals surface area contributed by atoms with E-state index in [2.05, 4.69) is 5.32 Å². The van der Waals surface area contributed by atoms with E-state index in [-0.39, 0.29) is 44.6 Å². The summed E-state index contributed by atoms with van der Waals surface area (Å²) in [6.45, 7) is 2.90. The van der Waals surface area contributed by atoms with Gasteiger partial charge in [0.15, 0.2) is 0 Å². The largest absolute Gasteiger partial charge is 0.442 e. The highest BCUT2D eigenvalue weighted by Crippen LogP contribution is 2.28. The molecule has 2 aliphatic rings. The van der Waals surface area contributed by atoms with E-state index >= 15 is 0 Å². The number of cyclic esters (lactones) is 1. The van der Waals surface area contributed by atoms with Gasteiger partial charge >= 0.3 is 6.09 Å². The maximum Gasteiger partial charge on any atom is 0.414 e. The van der Waals surface area contributed by atoms with Gasteiger partial charge in [-0.15, -0.1) is 0 Å². The molecule has 2 fully saturated rings. The Kier molecular flexibility index (Phi) is 6.49. The zero-order chi connectivity index (χ0) is 21.0. The summed E-state index contributed by atoms with van der Waals surface area (Å²) >= 11 is 0. The van der Waals surface area contributed by atoms with Crippen LogP contribution in [0.2, 0.25) is 0 Å². The molecule has 2 aliphatic heterocycles. The van der Waals surface area contributed by atoms with Crippen molar-refractivity contribution in [2.75, 3.05) is 55.7 Å². The number of amides is 3. The van der Waals surface area contributed by atoms with Crippen LogP contribution in [0.15, 0.2) is 18.2 Å². The van der Waals surface area contributed by atoms with Gasteiger partial charge in [0, 0.05) is 20.0 Å². The number of benzene rings is 1. The summed E-state index contributed by atoms with van der Waals surface area (Å²) < 4.78 is 20.0. The molecule has 0 spiro atoms. The van der Waals surface area contributed by atoms with E-state index in [4.69, 9.17) is 15.3 Å². The van der Waals surface area contributed by atoms with Gasteiger partial charge in [0.25, 0.3) is 5.91 Å². The number of hydroxylamine groups is 2. The number of anilines is 2. The predicted octanol–water partition coefficient (Wildman–Crippen LogP) is -0.174. The van der Waals surface area contributed by atoms with E-state index in [0.29, 0.717) is 24.5 Å². The average Bonchev–Trinajstić information content (AvgIpc) is 2.90. The molecule has 0 bridgehead atoms. The topological polar surface area (TPSA) is 117 Å². The van der Waals surface area contributed by atoms with Gasteiger partial charge in [-0.3, -0.25) is 19.3 Å². The van der Waals surface area contributed by atoms with Gasteiger partial charge in [-0.25, -0.2) is 14.2 Å². The van der Waals surface area contributed by atoms with Crippen LogP contribution in [0, 0.1) is 5.82 Å². The van der Waals surface area contributed by atoms with Crippen molar-refractivity contribution < 1.29 is 28.3 Å². The zero-order valence-corrected chi connectivity index (χ0v) is 16.1. The van der Waals surface area contributed by atoms with E-state index in [9.17, 15) is 18.8 Å². The van der Waals surface area contributed by atoms with Crippen molar-refractivity contribution in [3.63, 3.8) is 0 Å². The van der Waals surface area contributed by atoms with Crippen LogP contribution < -0.4 is 20.9 Å². The van der Waals surface area contributed by atoms with Crippen LogP contribution in [0.5, 0.6) is 0 Å². The van der Waals surface area contributed by atoms with E-state index in [1.807, 2.05) is 0 Å². The van der Waals surface area contributed by atoms with Crippen LogP contribution in [-0.4, -0.2) is 75.0 Å². The average molecular weight is 409 g/mol. The number of nitrogens with one attached hydrogen (secondary N) is 1. The fourth-order valence-corrected chi connectivity index (χ4v) is 3.20. The Balaban J connectivity index is 1.66. The molecule has 2 heterocycles. The summed E-state index contributed by atoms with van der Waals surface area (Å²) in [5, 5.41) is 3.79. The Bertz CT molecular complexity index is 792. The molecule has 10 nitrogen and oxygen atoms in total. The highest BCUT2D eigenvalue weighted by Gasteiger charge is 2.33. The lowest BCUT2D eigenvalue weighted by molar-refractivity contribution is -0.180. The van der Waals surface area contributed by atoms with Crippen LogP contribution in [0.3, 0.4) is 0 Å². The number of carbonyl (C=O) groups excluding carboxylic acids is 3. The molecule has 3 amide bonds. The first-order valence-electron chi connectivity index (χ1n) is 9.29. The molecule has 1 atom stereocenters. The van der Waals surface area contributed by atoms with Crippen molar-refractivity contribution >= 4 is 29.3 Å². The number of nitrogens with zero attached hydrogens (tertiary/aromatic N) is 3. The summed E-state index contributed by atoms with van der Waals surface area (Å²) in [6, 6.07) is 4.49. The molecule has 0 aromatic heterocycles. The van der Waals surface area contributed by atoms with Crippen LogP contribution in [-0.2, 0) is 19.2 Å². The number of ether oxygens (including phenoxy) is 1. The minimum absolute atomic E-state index is 0.155. The molecular weight excluding hydrogens is 385 g/mol. The fraction of sp³-hybridized carbons (Fsp3) is 0.500. The smallest absolute Gasteiger partial charge is 0.414 e. The summed E-state index contributed by atoms with van der Waals surface area (Å²) in [7, 11) is 0. The normalized spacial score (nSPS) is 19.8. The maximum absolute atomic E-state index is 14.8. The monoisotopic (exact) mass is 409 g/mol. The van der Waals surface area contributed by atoms with Crippen LogP contribution >= 0.6 is 0 Å². The maximum atomic E-state index is 14.8. The zero-order valence-electron chi connectivity index (χ0n) is 16.1. The molecule has 1 aromatic carbocycles. The molecule has 0 saturated carbocycles. The van der Waals surface area contributed by atoms with Crippen molar-refractivity contribution in [1.29, 1.82) is 0 Å². The molecule has 3 rings (SSSR count). The van der Waals surface area contributed by atoms with Crippen LogP contribution in [0.25, 0.3) is 0 Å². The number of hydrogen-bond donors (Lipinski definition) is 2. The molecule has 0 radical (unpaired) electrons. The highest BCUT2D eigenvalue weighted by molar-refractivity contribution is 5.90. The van der Waals surface area contributed by atoms with Gasteiger partial charge in [0.05, 0.1) is 44.2 Å². The molecule has 158 valence electrons. The van der Waals surface area contributed by atoms with Crippen molar-refractivity contribution in [3.8, 4) is 0 Å². The number of nitrogens with two attached hydrogens (primary N) is 1. The van der Waals surface area contributed by atoms with Crippen molar-refractivity contribution in [3.05, 3.63) is 24.0 Å². The van der Waals surface area contributed by atoms with Gasteiger partial charge in [-0.1, -0.05) is 0 Å². The predicted molar refractivity (Wildman–Crippen MR) is 102 cm³/mol. The molecule has 3 N–H and O–H groups in total. The number of rotatable bonds is 5. The summed E-state index contributed by atoms with van der Waals surface area (Å²) in [5.74, 6) is -1.05. The standard InChI is InChI=1S/C18H24FN5O5/c1-12(25)21-10-14-11-23(18(27)29-14)13-2-3-16(15(19)8-13)22-4-5-24(17(26)9-20)28-7-6-22/h2-3,8,14H,4-7,9-11,20H2,1H3,(H,21,25)/t14-/m0/s1. The quantitative estimate of drug-likeness (QED) is 0.693. The summed E-state index contributed by atoms with van der Waals surface area (Å²) in [4.78, 5) is 43.2. The molecule has 29 heavy (non-hydrogen) atoms. The van der Waals surface area contributed by atoms with Crippen molar-refractivity contribution in [2.45, 2.75) is 13.0 Å². The minimum atomic E-state index is -0.591. The Morgan fingerprint density at radius 1 is 1.31 bits per heavy atom. The molecule has 0 aliphatic carbocycles. The van der Waals surface area contributed by atoms with Gasteiger partial charge < -0.3 is 20.7 Å². The third-order valence-corrected chi connectivity index (χ3v) is 4.67. The lowest BCUT2D eigenvalue weighted by Gasteiger charge is -2.23. The fourth-order valence-electron chi connectivity index (χ4n) is 3.20. The third-order valence-electron chi connectivity index (χ3n) is 4.67. The third kappa shape index (κ3) is 4.93. The molecule has 1 aromatic rings.